The number of carbonyl (C=O) groups excluding carboxylic acids is 1. The van der Waals surface area contributed by atoms with Crippen LogP contribution in [0.2, 0.25) is 0 Å². The molecule has 0 aliphatic carbocycles. The highest BCUT2D eigenvalue weighted by atomic mass is 32.2. The van der Waals surface area contributed by atoms with Crippen LogP contribution in [-0.2, 0) is 4.79 Å². The van der Waals surface area contributed by atoms with Gasteiger partial charge in [0.25, 0.3) is 5.56 Å². The minimum Gasteiger partial charge on any atom is -0.497 e. The summed E-state index contributed by atoms with van der Waals surface area (Å²) in [6.45, 7) is 0. The van der Waals surface area contributed by atoms with Gasteiger partial charge >= 0.3 is 5.69 Å². The molecule has 0 aliphatic heterocycles. The third-order valence-electron chi connectivity index (χ3n) is 4.14. The largest absolute Gasteiger partial charge is 0.497 e. The normalized spacial score (nSPS) is 10.8. The molecule has 2 aromatic carbocycles. The molecule has 0 fully saturated rings. The van der Waals surface area contributed by atoms with E-state index in [0.29, 0.717) is 11.4 Å². The van der Waals surface area contributed by atoms with Crippen molar-refractivity contribution in [2.75, 3.05) is 18.2 Å². The van der Waals surface area contributed by atoms with Gasteiger partial charge in [-0.15, -0.1) is 11.3 Å². The van der Waals surface area contributed by atoms with Crippen LogP contribution >= 0.6 is 23.1 Å². The molecular formula is C20H16N4O4S2. The third kappa shape index (κ3) is 4.29. The van der Waals surface area contributed by atoms with Gasteiger partial charge in [-0.2, -0.15) is 0 Å². The molecule has 10 heteroatoms. The first-order valence-electron chi connectivity index (χ1n) is 8.82. The molecule has 1 amide bonds. The smallest absolute Gasteiger partial charge is 0.334 e. The van der Waals surface area contributed by atoms with Crippen molar-refractivity contribution in [3.63, 3.8) is 0 Å². The first-order chi connectivity index (χ1) is 14.5. The van der Waals surface area contributed by atoms with E-state index in [-0.39, 0.29) is 17.5 Å². The molecule has 4 rings (SSSR count). The maximum Gasteiger partial charge on any atom is 0.334 e. The van der Waals surface area contributed by atoms with Crippen LogP contribution in [0.5, 0.6) is 5.75 Å². The Balaban J connectivity index is 1.54. The number of anilines is 1. The Bertz CT molecular complexity index is 1290. The second-order valence-electron chi connectivity index (χ2n) is 6.14. The van der Waals surface area contributed by atoms with Gasteiger partial charge in [0.05, 0.1) is 28.8 Å². The molecule has 0 aliphatic rings. The van der Waals surface area contributed by atoms with Crippen LogP contribution in [0.4, 0.5) is 5.82 Å². The first kappa shape index (κ1) is 19.9. The van der Waals surface area contributed by atoms with Crippen molar-refractivity contribution >= 4 is 45.0 Å². The summed E-state index contributed by atoms with van der Waals surface area (Å²) in [5.41, 5.74) is 0.111. The number of H-pyrrole nitrogens is 1. The average molecular weight is 441 g/mol. The van der Waals surface area contributed by atoms with Crippen molar-refractivity contribution in [3.05, 3.63) is 75.4 Å². The molecule has 0 radical (unpaired) electrons. The topological polar surface area (TPSA) is 106 Å². The summed E-state index contributed by atoms with van der Waals surface area (Å²) < 4.78 is 8.16. The molecule has 2 N–H and O–H groups in total. The van der Waals surface area contributed by atoms with Crippen LogP contribution in [0, 0.1) is 0 Å². The number of fused-ring (bicyclic) bond motifs is 1. The number of carbonyl (C=O) groups is 1. The Hall–Kier alpha value is -3.37. The fraction of sp³-hybridized carbons (Fsp3) is 0.100. The molecule has 152 valence electrons. The number of para-hydroxylation sites is 1. The summed E-state index contributed by atoms with van der Waals surface area (Å²) in [6, 6.07) is 15.6. The highest BCUT2D eigenvalue weighted by Gasteiger charge is 2.13. The summed E-state index contributed by atoms with van der Waals surface area (Å²) in [6.07, 6.45) is 0. The number of thioether (sulfide) groups is 1. The Labute approximate surface area is 178 Å². The highest BCUT2D eigenvalue weighted by molar-refractivity contribution is 8.01. The lowest BCUT2D eigenvalue weighted by atomic mass is 10.3. The number of hydrogen-bond donors (Lipinski definition) is 2. The number of rotatable bonds is 6. The SMILES string of the molecule is COc1ccc(-n2c(NC(=O)CSc3nc4ccccc4s3)cc(=O)[nH]c2=O)cc1. The molecule has 30 heavy (non-hydrogen) atoms. The fourth-order valence-electron chi connectivity index (χ4n) is 2.79. The minimum atomic E-state index is -0.651. The molecule has 0 bridgehead atoms. The maximum atomic E-state index is 12.5. The van der Waals surface area contributed by atoms with Crippen molar-refractivity contribution in [1.29, 1.82) is 0 Å². The van der Waals surface area contributed by atoms with Crippen LogP contribution in [0.3, 0.4) is 0 Å². The zero-order chi connectivity index (χ0) is 21.1. The number of thiazole rings is 1. The Morgan fingerprint density at radius 1 is 1.20 bits per heavy atom. The Morgan fingerprint density at radius 3 is 2.70 bits per heavy atom. The van der Waals surface area contributed by atoms with Crippen molar-refractivity contribution in [2.24, 2.45) is 0 Å². The van der Waals surface area contributed by atoms with Gasteiger partial charge < -0.3 is 10.1 Å². The fourth-order valence-corrected chi connectivity index (χ4v) is 4.66. The molecule has 0 atom stereocenters. The summed E-state index contributed by atoms with van der Waals surface area (Å²) in [4.78, 5) is 43.4. The van der Waals surface area contributed by atoms with Crippen LogP contribution in [0.15, 0.2) is 68.5 Å². The highest BCUT2D eigenvalue weighted by Crippen LogP contribution is 2.29. The van der Waals surface area contributed by atoms with Crippen LogP contribution in [-0.4, -0.2) is 33.3 Å². The monoisotopic (exact) mass is 440 g/mol. The molecule has 0 saturated heterocycles. The van der Waals surface area contributed by atoms with E-state index in [0.717, 1.165) is 14.6 Å². The molecule has 8 nitrogen and oxygen atoms in total. The molecule has 2 aromatic heterocycles. The summed E-state index contributed by atoms with van der Waals surface area (Å²) in [5, 5.41) is 2.65. The molecule has 0 spiro atoms. The summed E-state index contributed by atoms with van der Waals surface area (Å²) in [7, 11) is 1.54. The predicted molar refractivity (Wildman–Crippen MR) is 118 cm³/mol. The van der Waals surface area contributed by atoms with Gasteiger partial charge in [-0.05, 0) is 36.4 Å². The van der Waals surface area contributed by atoms with Gasteiger partial charge in [0.2, 0.25) is 5.91 Å². The molecule has 2 heterocycles. The van der Waals surface area contributed by atoms with E-state index in [1.165, 1.54) is 40.8 Å². The number of aromatic nitrogens is 3. The maximum absolute atomic E-state index is 12.5. The lowest BCUT2D eigenvalue weighted by Crippen LogP contribution is -2.32. The second-order valence-corrected chi connectivity index (χ2v) is 8.39. The summed E-state index contributed by atoms with van der Waals surface area (Å²) >= 11 is 2.80. The second kappa shape index (κ2) is 8.56. The molecular weight excluding hydrogens is 424 g/mol. The third-order valence-corrected chi connectivity index (χ3v) is 6.32. The Morgan fingerprint density at radius 2 is 1.97 bits per heavy atom. The number of aromatic amines is 1. The first-order valence-corrected chi connectivity index (χ1v) is 10.6. The predicted octanol–water partition coefficient (Wildman–Crippen LogP) is 2.87. The number of ether oxygens (including phenoxy) is 1. The number of nitrogens with one attached hydrogen (secondary N) is 2. The van der Waals surface area contributed by atoms with E-state index in [2.05, 4.69) is 15.3 Å². The van der Waals surface area contributed by atoms with Crippen LogP contribution in [0.1, 0.15) is 0 Å². The van der Waals surface area contributed by atoms with Gasteiger partial charge in [-0.1, -0.05) is 23.9 Å². The van der Waals surface area contributed by atoms with Crippen LogP contribution < -0.4 is 21.3 Å². The summed E-state index contributed by atoms with van der Waals surface area (Å²) in [5.74, 6) is 0.438. The number of methoxy groups -OCH3 is 1. The molecule has 0 unspecified atom stereocenters. The standard InChI is InChI=1S/C20H16N4O4S2/c1-28-13-8-6-12(7-9-13)24-16(10-17(25)23-19(24)27)22-18(26)11-29-20-21-14-4-2-3-5-15(14)30-20/h2-10H,11H2,1H3,(H,22,26)(H,23,25,27). The molecule has 4 aromatic rings. The van der Waals surface area contributed by atoms with E-state index >= 15 is 0 Å². The average Bonchev–Trinajstić information content (AvgIpc) is 3.15. The zero-order valence-electron chi connectivity index (χ0n) is 15.7. The van der Waals surface area contributed by atoms with Gasteiger partial charge in [0, 0.05) is 6.07 Å². The van der Waals surface area contributed by atoms with Gasteiger partial charge in [-0.25, -0.2) is 14.3 Å². The lowest BCUT2D eigenvalue weighted by molar-refractivity contribution is -0.113. The quantitative estimate of drug-likeness (QED) is 0.447. The van der Waals surface area contributed by atoms with E-state index in [9.17, 15) is 14.4 Å². The van der Waals surface area contributed by atoms with E-state index < -0.39 is 11.2 Å². The van der Waals surface area contributed by atoms with Crippen molar-refractivity contribution in [2.45, 2.75) is 4.34 Å². The van der Waals surface area contributed by atoms with Gasteiger partial charge in [-0.3, -0.25) is 14.6 Å². The van der Waals surface area contributed by atoms with Gasteiger partial charge in [0.15, 0.2) is 4.34 Å². The van der Waals surface area contributed by atoms with E-state index in [1.54, 1.807) is 24.3 Å². The number of amides is 1. The number of hydrogen-bond acceptors (Lipinski definition) is 7. The Kier molecular flexibility index (Phi) is 5.68. The van der Waals surface area contributed by atoms with E-state index in [4.69, 9.17) is 4.74 Å². The van der Waals surface area contributed by atoms with Crippen molar-refractivity contribution in [3.8, 4) is 11.4 Å². The van der Waals surface area contributed by atoms with Crippen LogP contribution in [0.25, 0.3) is 15.9 Å². The minimum absolute atomic E-state index is 0.0867. The van der Waals surface area contributed by atoms with Gasteiger partial charge in [0.1, 0.15) is 11.6 Å². The van der Waals surface area contributed by atoms with E-state index in [1.807, 2.05) is 24.3 Å². The lowest BCUT2D eigenvalue weighted by Gasteiger charge is -2.13. The van der Waals surface area contributed by atoms with Crippen molar-refractivity contribution < 1.29 is 9.53 Å². The zero-order valence-corrected chi connectivity index (χ0v) is 17.4. The van der Waals surface area contributed by atoms with Crippen molar-refractivity contribution in [1.82, 2.24) is 14.5 Å². The molecule has 0 saturated carbocycles. The number of nitrogens with zero attached hydrogens (tertiary/aromatic N) is 2. The number of benzene rings is 2.